The van der Waals surface area contributed by atoms with Crippen LogP contribution < -0.4 is 10.6 Å². The third kappa shape index (κ3) is 6.80. The number of nitrogens with one attached hydrogen (secondary N) is 2. The van der Waals surface area contributed by atoms with E-state index in [0.29, 0.717) is 37.4 Å². The lowest BCUT2D eigenvalue weighted by Gasteiger charge is -2.10. The Hall–Kier alpha value is -1.27. The second-order valence-corrected chi connectivity index (χ2v) is 6.72. The first kappa shape index (κ1) is 22.8. The van der Waals surface area contributed by atoms with Crippen LogP contribution in [-0.2, 0) is 17.8 Å². The molecule has 2 aromatic rings. The number of nitrogens with zero attached hydrogens (tertiary/aromatic N) is 4. The van der Waals surface area contributed by atoms with Crippen molar-refractivity contribution in [2.75, 3.05) is 13.2 Å². The first-order chi connectivity index (χ1) is 12.0. The molecule has 0 saturated heterocycles. The maximum Gasteiger partial charge on any atom is 0.248 e. The Balaban J connectivity index is 0.00000338. The number of guanidine groups is 1. The molecule has 0 amide bonds. The molecule has 146 valence electrons. The smallest absolute Gasteiger partial charge is 0.248 e. The SMILES string of the molecule is CCNC(=NCc1nc(C(C)OCC)no1)NCc1sc(C)nc1C.I. The van der Waals surface area contributed by atoms with Crippen molar-refractivity contribution >= 4 is 41.3 Å². The lowest BCUT2D eigenvalue weighted by Crippen LogP contribution is -2.36. The Morgan fingerprint density at radius 2 is 2.04 bits per heavy atom. The van der Waals surface area contributed by atoms with Gasteiger partial charge in [-0.25, -0.2) is 9.98 Å². The molecule has 2 N–H and O–H groups in total. The van der Waals surface area contributed by atoms with Crippen LogP contribution in [0.25, 0.3) is 0 Å². The van der Waals surface area contributed by atoms with Gasteiger partial charge in [0.25, 0.3) is 0 Å². The van der Waals surface area contributed by atoms with Gasteiger partial charge in [-0.15, -0.1) is 35.3 Å². The monoisotopic (exact) mass is 494 g/mol. The van der Waals surface area contributed by atoms with E-state index in [1.165, 1.54) is 4.88 Å². The first-order valence-electron chi connectivity index (χ1n) is 8.42. The van der Waals surface area contributed by atoms with Gasteiger partial charge in [-0.05, 0) is 34.6 Å². The summed E-state index contributed by atoms with van der Waals surface area (Å²) < 4.78 is 10.7. The lowest BCUT2D eigenvalue weighted by molar-refractivity contribution is 0.0683. The molecular formula is C16H27IN6O2S. The van der Waals surface area contributed by atoms with Crippen molar-refractivity contribution in [1.82, 2.24) is 25.8 Å². The number of rotatable bonds is 8. The number of aromatic nitrogens is 3. The second-order valence-electron chi connectivity index (χ2n) is 5.43. The summed E-state index contributed by atoms with van der Waals surface area (Å²) in [6.45, 7) is 12.2. The Kier molecular flexibility index (Phi) is 10.0. The van der Waals surface area contributed by atoms with Gasteiger partial charge < -0.3 is 19.9 Å². The molecule has 0 fully saturated rings. The molecule has 8 nitrogen and oxygen atoms in total. The van der Waals surface area contributed by atoms with E-state index in [4.69, 9.17) is 9.26 Å². The van der Waals surface area contributed by atoms with Crippen LogP contribution in [0.15, 0.2) is 9.52 Å². The predicted octanol–water partition coefficient (Wildman–Crippen LogP) is 3.11. The lowest BCUT2D eigenvalue weighted by atomic mass is 10.4. The molecule has 1 unspecified atom stereocenters. The molecule has 26 heavy (non-hydrogen) atoms. The van der Waals surface area contributed by atoms with Crippen LogP contribution in [0.4, 0.5) is 0 Å². The van der Waals surface area contributed by atoms with Crippen molar-refractivity contribution < 1.29 is 9.26 Å². The molecular weight excluding hydrogens is 467 g/mol. The Bertz CT molecular complexity index is 703. The van der Waals surface area contributed by atoms with E-state index >= 15 is 0 Å². The van der Waals surface area contributed by atoms with Crippen LogP contribution >= 0.6 is 35.3 Å². The van der Waals surface area contributed by atoms with Crippen LogP contribution in [0.2, 0.25) is 0 Å². The van der Waals surface area contributed by atoms with E-state index in [9.17, 15) is 0 Å². The Morgan fingerprint density at radius 3 is 2.65 bits per heavy atom. The fourth-order valence-corrected chi connectivity index (χ4v) is 3.09. The summed E-state index contributed by atoms with van der Waals surface area (Å²) in [5, 5.41) is 11.5. The molecule has 0 aromatic carbocycles. The van der Waals surface area contributed by atoms with E-state index < -0.39 is 0 Å². The summed E-state index contributed by atoms with van der Waals surface area (Å²) in [5.74, 6) is 1.70. The number of aliphatic imine (C=N–C) groups is 1. The summed E-state index contributed by atoms with van der Waals surface area (Å²) in [7, 11) is 0. The van der Waals surface area contributed by atoms with Crippen molar-refractivity contribution in [3.63, 3.8) is 0 Å². The predicted molar refractivity (Wildman–Crippen MR) is 113 cm³/mol. The zero-order valence-corrected chi connectivity index (χ0v) is 19.0. The second kappa shape index (κ2) is 11.4. The van der Waals surface area contributed by atoms with Gasteiger partial charge in [-0.2, -0.15) is 4.98 Å². The highest BCUT2D eigenvalue weighted by Crippen LogP contribution is 2.16. The molecule has 0 spiro atoms. The number of hydrogen-bond acceptors (Lipinski definition) is 7. The highest BCUT2D eigenvalue weighted by molar-refractivity contribution is 14.0. The largest absolute Gasteiger partial charge is 0.371 e. The van der Waals surface area contributed by atoms with Crippen molar-refractivity contribution in [2.24, 2.45) is 4.99 Å². The number of thiazole rings is 1. The Labute approximate surface area is 175 Å². The van der Waals surface area contributed by atoms with Crippen molar-refractivity contribution in [3.05, 3.63) is 27.3 Å². The van der Waals surface area contributed by atoms with Gasteiger partial charge in [0.2, 0.25) is 5.89 Å². The highest BCUT2D eigenvalue weighted by atomic mass is 127. The number of hydrogen-bond donors (Lipinski definition) is 2. The fraction of sp³-hybridized carbons (Fsp3) is 0.625. The summed E-state index contributed by atoms with van der Waals surface area (Å²) in [6.07, 6.45) is -0.185. The number of ether oxygens (including phenoxy) is 1. The Morgan fingerprint density at radius 1 is 1.27 bits per heavy atom. The summed E-state index contributed by atoms with van der Waals surface area (Å²) in [4.78, 5) is 14.5. The maximum atomic E-state index is 5.46. The summed E-state index contributed by atoms with van der Waals surface area (Å²) in [6, 6.07) is 0. The average Bonchev–Trinajstić information content (AvgIpc) is 3.17. The van der Waals surface area contributed by atoms with E-state index in [1.54, 1.807) is 11.3 Å². The van der Waals surface area contributed by atoms with Gasteiger partial charge in [-0.1, -0.05) is 5.16 Å². The van der Waals surface area contributed by atoms with E-state index in [1.807, 2.05) is 34.6 Å². The molecule has 0 radical (unpaired) electrons. The zero-order valence-electron chi connectivity index (χ0n) is 15.8. The van der Waals surface area contributed by atoms with Crippen LogP contribution in [0, 0.1) is 13.8 Å². The van der Waals surface area contributed by atoms with Crippen molar-refractivity contribution in [1.29, 1.82) is 0 Å². The third-order valence-corrected chi connectivity index (χ3v) is 4.47. The normalized spacial score (nSPS) is 12.6. The number of aryl methyl sites for hydroxylation is 2. The quantitative estimate of drug-likeness (QED) is 0.331. The number of halogens is 1. The van der Waals surface area contributed by atoms with Gasteiger partial charge >= 0.3 is 0 Å². The van der Waals surface area contributed by atoms with E-state index in [-0.39, 0.29) is 30.1 Å². The van der Waals surface area contributed by atoms with E-state index in [0.717, 1.165) is 17.2 Å². The molecule has 2 rings (SSSR count). The van der Waals surface area contributed by atoms with Gasteiger partial charge in [0.1, 0.15) is 12.6 Å². The molecule has 0 aliphatic heterocycles. The van der Waals surface area contributed by atoms with Crippen LogP contribution in [-0.4, -0.2) is 34.2 Å². The van der Waals surface area contributed by atoms with Gasteiger partial charge in [0, 0.05) is 18.0 Å². The molecule has 0 saturated carbocycles. The highest BCUT2D eigenvalue weighted by Gasteiger charge is 2.13. The van der Waals surface area contributed by atoms with Crippen molar-refractivity contribution in [3.8, 4) is 0 Å². The third-order valence-electron chi connectivity index (χ3n) is 3.40. The molecule has 0 aliphatic carbocycles. The molecule has 2 heterocycles. The van der Waals surface area contributed by atoms with Gasteiger partial charge in [0.15, 0.2) is 11.8 Å². The van der Waals surface area contributed by atoms with Crippen LogP contribution in [0.5, 0.6) is 0 Å². The molecule has 2 aromatic heterocycles. The minimum Gasteiger partial charge on any atom is -0.371 e. The minimum atomic E-state index is -0.185. The summed E-state index contributed by atoms with van der Waals surface area (Å²) >= 11 is 1.69. The molecule has 0 bridgehead atoms. The first-order valence-corrected chi connectivity index (χ1v) is 9.24. The van der Waals surface area contributed by atoms with Gasteiger partial charge in [-0.3, -0.25) is 0 Å². The fourth-order valence-electron chi connectivity index (χ4n) is 2.21. The van der Waals surface area contributed by atoms with Crippen molar-refractivity contribution in [2.45, 2.75) is 53.8 Å². The summed E-state index contributed by atoms with van der Waals surface area (Å²) in [5.41, 5.74) is 1.05. The minimum absolute atomic E-state index is 0. The topological polar surface area (TPSA) is 97.5 Å². The van der Waals surface area contributed by atoms with Gasteiger partial charge in [0.05, 0.1) is 17.2 Å². The molecule has 1 atom stereocenters. The van der Waals surface area contributed by atoms with Crippen LogP contribution in [0.1, 0.15) is 54.2 Å². The zero-order chi connectivity index (χ0) is 18.2. The molecule has 0 aliphatic rings. The van der Waals surface area contributed by atoms with E-state index in [2.05, 4.69) is 30.8 Å². The molecule has 10 heteroatoms. The standard InChI is InChI=1S/C16H26N6O2S.HI/c1-6-17-16(18-8-13-10(3)20-12(5)25-13)19-9-14-21-15(22-24-14)11(4)23-7-2;/h11H,6-9H2,1-5H3,(H2,17,18,19);1H. The van der Waals surface area contributed by atoms with Crippen LogP contribution in [0.3, 0.4) is 0 Å². The maximum absolute atomic E-state index is 5.46. The average molecular weight is 494 g/mol.